The van der Waals surface area contributed by atoms with E-state index in [9.17, 15) is 24.9 Å². The maximum absolute atomic E-state index is 11.6. The molecule has 1 heterocycles. The van der Waals surface area contributed by atoms with Gasteiger partial charge in [0, 0.05) is 6.42 Å². The third-order valence-corrected chi connectivity index (χ3v) is 4.45. The molecule has 1 saturated heterocycles. The Labute approximate surface area is 147 Å². The molecule has 0 spiro atoms. The average Bonchev–Trinajstić information content (AvgIpc) is 2.56. The summed E-state index contributed by atoms with van der Waals surface area (Å²) < 4.78 is 10.6. The van der Waals surface area contributed by atoms with Crippen LogP contribution in [0.5, 0.6) is 0 Å². The lowest BCUT2D eigenvalue weighted by atomic mass is 9.90. The van der Waals surface area contributed by atoms with Crippen LogP contribution < -0.4 is 11.1 Å². The first-order chi connectivity index (χ1) is 11.7. The molecule has 6 N–H and O–H groups in total. The van der Waals surface area contributed by atoms with Gasteiger partial charge in [-0.3, -0.25) is 4.79 Å². The van der Waals surface area contributed by atoms with Crippen LogP contribution in [-0.4, -0.2) is 76.9 Å². The number of rotatable bonds is 9. The Balaban J connectivity index is 2.59. The van der Waals surface area contributed by atoms with E-state index in [2.05, 4.69) is 5.32 Å². The fourth-order valence-corrected chi connectivity index (χ4v) is 2.41. The standard InChI is InChI=1S/C16H30N2O7/c1-4-5-11(20)18-12-14(22)13(21)10(25-15(12)23)6-24-8-16(17,7-19)9(2)3/h7,9-10,12-15,21-23H,4-6,8,17H2,1-3H3,(H,18,20)/t10-,12-,13-,14-,15?,16+/m1/s1. The lowest BCUT2D eigenvalue weighted by Crippen LogP contribution is -2.64. The van der Waals surface area contributed by atoms with Crippen molar-refractivity contribution in [2.24, 2.45) is 11.7 Å². The molecule has 9 heteroatoms. The van der Waals surface area contributed by atoms with Gasteiger partial charge in [-0.25, -0.2) is 0 Å². The van der Waals surface area contributed by atoms with E-state index in [-0.39, 0.29) is 31.5 Å². The maximum Gasteiger partial charge on any atom is 0.220 e. The number of hydrogen-bond donors (Lipinski definition) is 5. The van der Waals surface area contributed by atoms with Gasteiger partial charge in [-0.1, -0.05) is 20.8 Å². The highest BCUT2D eigenvalue weighted by Gasteiger charge is 2.44. The van der Waals surface area contributed by atoms with Crippen LogP contribution in [0.2, 0.25) is 0 Å². The largest absolute Gasteiger partial charge is 0.388 e. The summed E-state index contributed by atoms with van der Waals surface area (Å²) in [6, 6.07) is -1.13. The summed E-state index contributed by atoms with van der Waals surface area (Å²) in [5, 5.41) is 32.7. The van der Waals surface area contributed by atoms with Crippen molar-refractivity contribution in [3.05, 3.63) is 0 Å². The van der Waals surface area contributed by atoms with Gasteiger partial charge in [-0.15, -0.1) is 0 Å². The molecule has 0 radical (unpaired) electrons. The molecule has 0 aromatic heterocycles. The van der Waals surface area contributed by atoms with E-state index in [1.54, 1.807) is 13.8 Å². The van der Waals surface area contributed by atoms with Crippen LogP contribution in [-0.2, 0) is 19.1 Å². The fraction of sp³-hybridized carbons (Fsp3) is 0.875. The van der Waals surface area contributed by atoms with E-state index >= 15 is 0 Å². The topological polar surface area (TPSA) is 151 Å². The summed E-state index contributed by atoms with van der Waals surface area (Å²) >= 11 is 0. The molecular formula is C16H30N2O7. The first-order valence-corrected chi connectivity index (χ1v) is 8.48. The Kier molecular flexibility index (Phi) is 8.39. The van der Waals surface area contributed by atoms with E-state index in [1.807, 2.05) is 6.92 Å². The quantitative estimate of drug-likeness (QED) is 0.304. The first-order valence-electron chi connectivity index (χ1n) is 8.48. The molecule has 6 atom stereocenters. The lowest BCUT2D eigenvalue weighted by molar-refractivity contribution is -0.257. The number of hydrogen-bond acceptors (Lipinski definition) is 8. The average molecular weight is 362 g/mol. The van der Waals surface area contributed by atoms with Gasteiger partial charge in [0.25, 0.3) is 0 Å². The van der Waals surface area contributed by atoms with E-state index in [1.165, 1.54) is 0 Å². The zero-order valence-corrected chi connectivity index (χ0v) is 14.9. The summed E-state index contributed by atoms with van der Waals surface area (Å²) in [5.74, 6) is -0.511. The van der Waals surface area contributed by atoms with Gasteiger partial charge in [0.2, 0.25) is 5.91 Å². The van der Waals surface area contributed by atoms with Gasteiger partial charge in [0.15, 0.2) is 6.29 Å². The summed E-state index contributed by atoms with van der Waals surface area (Å²) in [6.45, 7) is 5.11. The number of aliphatic hydroxyl groups excluding tert-OH is 3. The number of ether oxygens (including phenoxy) is 2. The Morgan fingerprint density at radius 1 is 1.36 bits per heavy atom. The molecule has 1 aliphatic heterocycles. The van der Waals surface area contributed by atoms with Crippen molar-refractivity contribution in [2.75, 3.05) is 13.2 Å². The molecule has 1 aliphatic rings. The summed E-state index contributed by atoms with van der Waals surface area (Å²) in [4.78, 5) is 22.7. The highest BCUT2D eigenvalue weighted by molar-refractivity contribution is 5.76. The first kappa shape index (κ1) is 21.9. The summed E-state index contributed by atoms with van der Waals surface area (Å²) in [6.07, 6.45) is -3.86. The number of aliphatic hydroxyl groups is 3. The van der Waals surface area contributed by atoms with E-state index in [4.69, 9.17) is 15.2 Å². The predicted molar refractivity (Wildman–Crippen MR) is 88.4 cm³/mol. The highest BCUT2D eigenvalue weighted by Crippen LogP contribution is 2.21. The van der Waals surface area contributed by atoms with Crippen molar-refractivity contribution in [3.63, 3.8) is 0 Å². The second kappa shape index (κ2) is 9.56. The second-order valence-electron chi connectivity index (χ2n) is 6.79. The monoisotopic (exact) mass is 362 g/mol. The van der Waals surface area contributed by atoms with E-state index < -0.39 is 36.2 Å². The normalized spacial score (nSPS) is 32.2. The minimum atomic E-state index is -1.49. The molecule has 1 fully saturated rings. The maximum atomic E-state index is 11.6. The van der Waals surface area contributed by atoms with Crippen molar-refractivity contribution in [2.45, 2.75) is 69.8 Å². The van der Waals surface area contributed by atoms with Crippen LogP contribution in [0, 0.1) is 5.92 Å². The van der Waals surface area contributed by atoms with Crippen LogP contribution in [0.4, 0.5) is 0 Å². The number of nitrogens with one attached hydrogen (secondary N) is 1. The van der Waals surface area contributed by atoms with Crippen LogP contribution in [0.3, 0.4) is 0 Å². The third-order valence-electron chi connectivity index (χ3n) is 4.45. The minimum Gasteiger partial charge on any atom is -0.388 e. The Hall–Kier alpha value is -1.10. The van der Waals surface area contributed by atoms with Crippen LogP contribution in [0.25, 0.3) is 0 Å². The van der Waals surface area contributed by atoms with Crippen LogP contribution in [0.15, 0.2) is 0 Å². The third kappa shape index (κ3) is 5.70. The van der Waals surface area contributed by atoms with Gasteiger partial charge in [-0.2, -0.15) is 0 Å². The number of amides is 1. The Morgan fingerprint density at radius 2 is 2.00 bits per heavy atom. The van der Waals surface area contributed by atoms with Gasteiger partial charge < -0.3 is 40.6 Å². The van der Waals surface area contributed by atoms with Gasteiger partial charge in [-0.05, 0) is 12.3 Å². The van der Waals surface area contributed by atoms with Crippen molar-refractivity contribution in [1.82, 2.24) is 5.32 Å². The Morgan fingerprint density at radius 3 is 2.52 bits per heavy atom. The molecule has 0 aliphatic carbocycles. The number of carbonyl (C=O) groups is 2. The molecule has 0 bridgehead atoms. The van der Waals surface area contributed by atoms with Crippen molar-refractivity contribution in [3.8, 4) is 0 Å². The molecule has 0 aromatic carbocycles. The highest BCUT2D eigenvalue weighted by atomic mass is 16.6. The summed E-state index contributed by atoms with van der Waals surface area (Å²) in [7, 11) is 0. The number of carbonyl (C=O) groups excluding carboxylic acids is 2. The molecule has 1 rings (SSSR count). The predicted octanol–water partition coefficient (Wildman–Crippen LogP) is -1.72. The Bertz CT molecular complexity index is 448. The van der Waals surface area contributed by atoms with Crippen LogP contribution in [0.1, 0.15) is 33.6 Å². The zero-order valence-electron chi connectivity index (χ0n) is 14.9. The molecular weight excluding hydrogens is 332 g/mol. The van der Waals surface area contributed by atoms with Gasteiger partial charge >= 0.3 is 0 Å². The molecule has 0 aromatic rings. The molecule has 9 nitrogen and oxygen atoms in total. The SMILES string of the molecule is CCCC(=O)N[C@H]1C(O)O[C@H](COC[C@@](N)(C=O)C(C)C)[C@@H](O)[C@@H]1O. The number of aldehydes is 1. The smallest absolute Gasteiger partial charge is 0.220 e. The molecule has 146 valence electrons. The van der Waals surface area contributed by atoms with E-state index in [0.717, 1.165) is 0 Å². The number of nitrogens with two attached hydrogens (primary N) is 1. The zero-order chi connectivity index (χ0) is 19.2. The molecule has 1 unspecified atom stereocenters. The summed E-state index contributed by atoms with van der Waals surface area (Å²) in [5.41, 5.74) is 4.73. The second-order valence-corrected chi connectivity index (χ2v) is 6.79. The molecule has 0 saturated carbocycles. The lowest BCUT2D eigenvalue weighted by Gasteiger charge is -2.41. The van der Waals surface area contributed by atoms with Gasteiger partial charge in [0.05, 0.1) is 18.8 Å². The fourth-order valence-electron chi connectivity index (χ4n) is 2.41. The van der Waals surface area contributed by atoms with Crippen molar-refractivity contribution < 1.29 is 34.4 Å². The van der Waals surface area contributed by atoms with Crippen LogP contribution >= 0.6 is 0 Å². The van der Waals surface area contributed by atoms with Crippen molar-refractivity contribution >= 4 is 12.2 Å². The molecule has 1 amide bonds. The van der Waals surface area contributed by atoms with E-state index in [0.29, 0.717) is 12.7 Å². The van der Waals surface area contributed by atoms with Crippen molar-refractivity contribution in [1.29, 1.82) is 0 Å². The minimum absolute atomic E-state index is 0.0936. The molecule has 25 heavy (non-hydrogen) atoms. The van der Waals surface area contributed by atoms with Gasteiger partial charge in [0.1, 0.15) is 30.6 Å².